The third kappa shape index (κ3) is 4.32. The molecule has 0 fully saturated rings. The normalized spacial score (nSPS) is 12.7. The van der Waals surface area contributed by atoms with Gasteiger partial charge < -0.3 is 5.32 Å². The first-order valence-electron chi connectivity index (χ1n) is 6.62. The van der Waals surface area contributed by atoms with Crippen molar-refractivity contribution in [2.45, 2.75) is 39.0 Å². The summed E-state index contributed by atoms with van der Waals surface area (Å²) in [5.41, 5.74) is 1.08. The van der Waals surface area contributed by atoms with E-state index in [4.69, 9.17) is 0 Å². The van der Waals surface area contributed by atoms with Crippen LogP contribution in [0.1, 0.15) is 32.0 Å². The summed E-state index contributed by atoms with van der Waals surface area (Å²) in [5.74, 6) is 0. The van der Waals surface area contributed by atoms with E-state index in [1.165, 1.54) is 6.07 Å². The first kappa shape index (κ1) is 15.6. The quantitative estimate of drug-likeness (QED) is 0.899. The van der Waals surface area contributed by atoms with Gasteiger partial charge in [0.05, 0.1) is 11.3 Å². The molecule has 1 aromatic heterocycles. The SMILES string of the molecule is CC(C)(C)NCc1cc(-c2cccc(C(F)(F)F)c2)n[nH]1. The van der Waals surface area contributed by atoms with E-state index in [2.05, 4.69) is 15.5 Å². The van der Waals surface area contributed by atoms with Gasteiger partial charge in [0.15, 0.2) is 0 Å². The molecule has 0 aliphatic rings. The standard InChI is InChI=1S/C15H18F3N3/c1-14(2,3)19-9-12-8-13(21-20-12)10-5-4-6-11(7-10)15(16,17)18/h4-8,19H,9H2,1-3H3,(H,20,21). The summed E-state index contributed by atoms with van der Waals surface area (Å²) in [6.45, 7) is 6.70. The molecule has 114 valence electrons. The van der Waals surface area contributed by atoms with Crippen molar-refractivity contribution in [2.24, 2.45) is 0 Å². The van der Waals surface area contributed by atoms with E-state index in [-0.39, 0.29) is 5.54 Å². The molecule has 3 nitrogen and oxygen atoms in total. The Bertz CT molecular complexity index is 609. The Balaban J connectivity index is 2.18. The molecule has 0 amide bonds. The summed E-state index contributed by atoms with van der Waals surface area (Å²) in [4.78, 5) is 0. The maximum atomic E-state index is 12.7. The van der Waals surface area contributed by atoms with Crippen molar-refractivity contribution in [3.63, 3.8) is 0 Å². The average Bonchev–Trinajstić information content (AvgIpc) is 2.83. The molecular weight excluding hydrogens is 279 g/mol. The molecule has 0 saturated heterocycles. The fraction of sp³-hybridized carbons (Fsp3) is 0.400. The van der Waals surface area contributed by atoms with Crippen molar-refractivity contribution < 1.29 is 13.2 Å². The van der Waals surface area contributed by atoms with Gasteiger partial charge in [0.2, 0.25) is 0 Å². The fourth-order valence-corrected chi connectivity index (χ4v) is 1.82. The number of rotatable bonds is 3. The number of alkyl halides is 3. The molecular formula is C15H18F3N3. The van der Waals surface area contributed by atoms with Gasteiger partial charge in [-0.25, -0.2) is 0 Å². The number of hydrogen-bond donors (Lipinski definition) is 2. The molecule has 2 aromatic rings. The number of nitrogens with one attached hydrogen (secondary N) is 2. The second-order valence-corrected chi connectivity index (χ2v) is 5.96. The summed E-state index contributed by atoms with van der Waals surface area (Å²) in [5, 5.41) is 10.2. The van der Waals surface area contributed by atoms with Crippen molar-refractivity contribution >= 4 is 0 Å². The van der Waals surface area contributed by atoms with Crippen molar-refractivity contribution in [1.29, 1.82) is 0 Å². The zero-order valence-electron chi connectivity index (χ0n) is 12.2. The van der Waals surface area contributed by atoms with E-state index in [1.807, 2.05) is 20.8 Å². The van der Waals surface area contributed by atoms with Crippen LogP contribution in [-0.4, -0.2) is 15.7 Å². The van der Waals surface area contributed by atoms with Crippen LogP contribution in [0, 0.1) is 0 Å². The van der Waals surface area contributed by atoms with Crippen LogP contribution < -0.4 is 5.32 Å². The Morgan fingerprint density at radius 1 is 1.14 bits per heavy atom. The van der Waals surface area contributed by atoms with Crippen molar-refractivity contribution in [3.05, 3.63) is 41.6 Å². The predicted molar refractivity (Wildman–Crippen MR) is 75.6 cm³/mol. The van der Waals surface area contributed by atoms with Crippen molar-refractivity contribution in [1.82, 2.24) is 15.5 Å². The minimum Gasteiger partial charge on any atom is -0.306 e. The molecule has 0 bridgehead atoms. The molecule has 0 radical (unpaired) electrons. The van der Waals surface area contributed by atoms with Crippen molar-refractivity contribution in [3.8, 4) is 11.3 Å². The highest BCUT2D eigenvalue weighted by Gasteiger charge is 2.30. The molecule has 1 heterocycles. The number of aromatic amines is 1. The highest BCUT2D eigenvalue weighted by Crippen LogP contribution is 2.31. The van der Waals surface area contributed by atoms with Crippen LogP contribution in [0.15, 0.2) is 30.3 Å². The van der Waals surface area contributed by atoms with Gasteiger partial charge in [-0.2, -0.15) is 18.3 Å². The molecule has 21 heavy (non-hydrogen) atoms. The Morgan fingerprint density at radius 2 is 1.86 bits per heavy atom. The van der Waals surface area contributed by atoms with Crippen LogP contribution in [0.3, 0.4) is 0 Å². The minimum absolute atomic E-state index is 0.0402. The van der Waals surface area contributed by atoms with Gasteiger partial charge in [-0.3, -0.25) is 5.10 Å². The lowest BCUT2D eigenvalue weighted by molar-refractivity contribution is -0.137. The lowest BCUT2D eigenvalue weighted by atomic mass is 10.1. The molecule has 0 unspecified atom stereocenters. The van der Waals surface area contributed by atoms with Gasteiger partial charge >= 0.3 is 6.18 Å². The number of H-pyrrole nitrogens is 1. The summed E-state index contributed by atoms with van der Waals surface area (Å²) in [6, 6.07) is 6.93. The maximum absolute atomic E-state index is 12.7. The minimum atomic E-state index is -4.34. The predicted octanol–water partition coefficient (Wildman–Crippen LogP) is 3.98. The van der Waals surface area contributed by atoms with Crippen LogP contribution in [0.2, 0.25) is 0 Å². The van der Waals surface area contributed by atoms with Crippen molar-refractivity contribution in [2.75, 3.05) is 0 Å². The molecule has 0 atom stereocenters. The first-order chi connectivity index (χ1) is 9.65. The number of nitrogens with zero attached hydrogens (tertiary/aromatic N) is 1. The maximum Gasteiger partial charge on any atom is 0.416 e. The van der Waals surface area contributed by atoms with Gasteiger partial charge in [-0.1, -0.05) is 12.1 Å². The third-order valence-corrected chi connectivity index (χ3v) is 2.93. The Labute approximate surface area is 121 Å². The van der Waals surface area contributed by atoms with E-state index in [1.54, 1.807) is 12.1 Å². The topological polar surface area (TPSA) is 40.7 Å². The van der Waals surface area contributed by atoms with E-state index in [9.17, 15) is 13.2 Å². The monoisotopic (exact) mass is 297 g/mol. The molecule has 0 saturated carbocycles. The fourth-order valence-electron chi connectivity index (χ4n) is 1.82. The van der Waals surface area contributed by atoms with Gasteiger partial charge in [0.25, 0.3) is 0 Å². The molecule has 0 aliphatic carbocycles. The second-order valence-electron chi connectivity index (χ2n) is 5.96. The van der Waals surface area contributed by atoms with Gasteiger partial charge in [-0.15, -0.1) is 0 Å². The van der Waals surface area contributed by atoms with E-state index in [0.29, 0.717) is 17.8 Å². The van der Waals surface area contributed by atoms with Crippen LogP contribution >= 0.6 is 0 Å². The van der Waals surface area contributed by atoms with Crippen LogP contribution in [-0.2, 0) is 12.7 Å². The lowest BCUT2D eigenvalue weighted by Gasteiger charge is -2.19. The smallest absolute Gasteiger partial charge is 0.306 e. The first-order valence-corrected chi connectivity index (χ1v) is 6.62. The number of benzene rings is 1. The molecule has 2 rings (SSSR count). The van der Waals surface area contributed by atoms with Gasteiger partial charge in [0.1, 0.15) is 0 Å². The highest BCUT2D eigenvalue weighted by molar-refractivity contribution is 5.60. The second kappa shape index (κ2) is 5.52. The van der Waals surface area contributed by atoms with E-state index < -0.39 is 11.7 Å². The van der Waals surface area contributed by atoms with Gasteiger partial charge in [0, 0.05) is 23.3 Å². The number of aromatic nitrogens is 2. The van der Waals surface area contributed by atoms with Crippen LogP contribution in [0.25, 0.3) is 11.3 Å². The third-order valence-electron chi connectivity index (χ3n) is 2.93. The average molecular weight is 297 g/mol. The van der Waals surface area contributed by atoms with Crippen LogP contribution in [0.4, 0.5) is 13.2 Å². The largest absolute Gasteiger partial charge is 0.416 e. The molecule has 1 aromatic carbocycles. The summed E-state index contributed by atoms with van der Waals surface area (Å²) < 4.78 is 38.1. The summed E-state index contributed by atoms with van der Waals surface area (Å²) >= 11 is 0. The highest BCUT2D eigenvalue weighted by atomic mass is 19.4. The Hall–Kier alpha value is -1.82. The zero-order valence-corrected chi connectivity index (χ0v) is 12.2. The van der Waals surface area contributed by atoms with E-state index >= 15 is 0 Å². The van der Waals surface area contributed by atoms with Gasteiger partial charge in [-0.05, 0) is 39.0 Å². The Kier molecular flexibility index (Phi) is 4.09. The summed E-state index contributed by atoms with van der Waals surface area (Å²) in [6.07, 6.45) is -4.34. The summed E-state index contributed by atoms with van der Waals surface area (Å²) in [7, 11) is 0. The number of hydrogen-bond acceptors (Lipinski definition) is 2. The van der Waals surface area contributed by atoms with Crippen LogP contribution in [0.5, 0.6) is 0 Å². The molecule has 0 aliphatic heterocycles. The zero-order chi connectivity index (χ0) is 15.7. The Morgan fingerprint density at radius 3 is 2.48 bits per heavy atom. The molecule has 2 N–H and O–H groups in total. The molecule has 0 spiro atoms. The number of halogens is 3. The molecule has 6 heteroatoms. The lowest BCUT2D eigenvalue weighted by Crippen LogP contribution is -2.35. The van der Waals surface area contributed by atoms with E-state index in [0.717, 1.165) is 17.8 Å².